The molecule has 2 aromatic heterocycles. The van der Waals surface area contributed by atoms with Crippen molar-refractivity contribution in [3.05, 3.63) is 46.5 Å². The van der Waals surface area contributed by atoms with E-state index < -0.39 is 18.6 Å². The summed E-state index contributed by atoms with van der Waals surface area (Å²) in [5.74, 6) is -0.827. The Balaban J connectivity index is 1.75. The maximum absolute atomic E-state index is 12.7. The van der Waals surface area contributed by atoms with Gasteiger partial charge in [0.1, 0.15) is 11.4 Å². The normalized spacial score (nSPS) is 11.8. The highest BCUT2D eigenvalue weighted by molar-refractivity contribution is 7.20. The third-order valence-corrected chi connectivity index (χ3v) is 5.35. The van der Waals surface area contributed by atoms with Crippen LogP contribution in [0.5, 0.6) is 0 Å². The monoisotopic (exact) mass is 438 g/mol. The Morgan fingerprint density at radius 3 is 2.60 bits per heavy atom. The van der Waals surface area contributed by atoms with Crippen molar-refractivity contribution in [1.29, 1.82) is 0 Å². The zero-order valence-corrected chi connectivity index (χ0v) is 17.4. The van der Waals surface area contributed by atoms with Crippen LogP contribution in [-0.4, -0.2) is 34.3 Å². The Hall–Kier alpha value is -2.88. The number of anilines is 1. The first kappa shape index (κ1) is 21.8. The number of alkyl halides is 3. The fourth-order valence-electron chi connectivity index (χ4n) is 2.91. The van der Waals surface area contributed by atoms with Crippen LogP contribution in [0.1, 0.15) is 39.6 Å². The minimum Gasteiger partial charge on any atom is -0.343 e. The fraction of sp³-hybridized carbons (Fsp3) is 0.350. The maximum atomic E-state index is 12.7. The van der Waals surface area contributed by atoms with Gasteiger partial charge in [0.15, 0.2) is 0 Å². The van der Waals surface area contributed by atoms with Crippen molar-refractivity contribution in [2.75, 3.05) is 11.9 Å². The molecule has 0 spiro atoms. The van der Waals surface area contributed by atoms with Crippen LogP contribution in [0.25, 0.3) is 10.2 Å². The van der Waals surface area contributed by atoms with Gasteiger partial charge < -0.3 is 10.6 Å². The lowest BCUT2D eigenvalue weighted by Crippen LogP contribution is -2.33. The molecule has 30 heavy (non-hydrogen) atoms. The van der Waals surface area contributed by atoms with Gasteiger partial charge in [-0.1, -0.05) is 19.9 Å². The van der Waals surface area contributed by atoms with Crippen molar-refractivity contribution < 1.29 is 22.8 Å². The number of hydrogen-bond acceptors (Lipinski definition) is 4. The van der Waals surface area contributed by atoms with Gasteiger partial charge >= 0.3 is 6.18 Å². The van der Waals surface area contributed by atoms with E-state index in [4.69, 9.17) is 0 Å². The number of thiophene rings is 1. The summed E-state index contributed by atoms with van der Waals surface area (Å²) in [5.41, 5.74) is 1.18. The number of rotatable bonds is 6. The Bertz CT molecular complexity index is 1090. The van der Waals surface area contributed by atoms with E-state index in [1.807, 2.05) is 16.9 Å². The molecule has 160 valence electrons. The van der Waals surface area contributed by atoms with Crippen LogP contribution in [0.3, 0.4) is 0 Å². The first-order valence-corrected chi connectivity index (χ1v) is 10.1. The van der Waals surface area contributed by atoms with Crippen molar-refractivity contribution in [3.8, 4) is 0 Å². The second-order valence-electron chi connectivity index (χ2n) is 7.32. The lowest BCUT2D eigenvalue weighted by Gasteiger charge is -2.09. The topological polar surface area (TPSA) is 76.0 Å². The number of aromatic nitrogens is 2. The van der Waals surface area contributed by atoms with Gasteiger partial charge in [-0.15, -0.1) is 11.3 Å². The summed E-state index contributed by atoms with van der Waals surface area (Å²) in [7, 11) is 0. The lowest BCUT2D eigenvalue weighted by molar-refractivity contribution is -0.123. The van der Waals surface area contributed by atoms with E-state index in [9.17, 15) is 22.8 Å². The number of aryl methyl sites for hydroxylation is 1. The molecule has 2 amide bonds. The van der Waals surface area contributed by atoms with Crippen molar-refractivity contribution in [1.82, 2.24) is 15.1 Å². The zero-order valence-electron chi connectivity index (χ0n) is 16.6. The largest absolute Gasteiger partial charge is 0.405 e. The van der Waals surface area contributed by atoms with E-state index >= 15 is 0 Å². The van der Waals surface area contributed by atoms with Gasteiger partial charge in [0.2, 0.25) is 0 Å². The van der Waals surface area contributed by atoms with Gasteiger partial charge in [0, 0.05) is 23.2 Å². The highest BCUT2D eigenvalue weighted by atomic mass is 32.1. The van der Waals surface area contributed by atoms with E-state index in [-0.39, 0.29) is 11.5 Å². The molecule has 0 unspecified atom stereocenters. The predicted molar refractivity (Wildman–Crippen MR) is 110 cm³/mol. The summed E-state index contributed by atoms with van der Waals surface area (Å²) in [6.45, 7) is 5.37. The Kier molecular flexibility index (Phi) is 6.16. The number of nitrogens with zero attached hydrogens (tertiary/aromatic N) is 2. The summed E-state index contributed by atoms with van der Waals surface area (Å²) in [5, 5.41) is 9.92. The summed E-state index contributed by atoms with van der Waals surface area (Å²) >= 11 is 1.32. The SMILES string of the molecule is Cc1nn(CC(C)C)c2sc(C(=O)Nc3cccc(C(=O)NCC(F)(F)F)c3)cc12. The van der Waals surface area contributed by atoms with Gasteiger partial charge in [-0.3, -0.25) is 14.3 Å². The average Bonchev–Trinajstić information content (AvgIpc) is 3.21. The number of fused-ring (bicyclic) bond motifs is 1. The van der Waals surface area contributed by atoms with E-state index in [1.54, 1.807) is 12.1 Å². The molecule has 0 saturated carbocycles. The van der Waals surface area contributed by atoms with Crippen LogP contribution >= 0.6 is 11.3 Å². The third kappa shape index (κ3) is 5.18. The zero-order chi connectivity index (χ0) is 22.1. The lowest BCUT2D eigenvalue weighted by atomic mass is 10.2. The molecular weight excluding hydrogens is 417 g/mol. The van der Waals surface area contributed by atoms with E-state index in [1.165, 1.54) is 29.5 Å². The van der Waals surface area contributed by atoms with Gasteiger partial charge in [-0.25, -0.2) is 0 Å². The summed E-state index contributed by atoms with van der Waals surface area (Å²) < 4.78 is 38.7. The van der Waals surface area contributed by atoms with Gasteiger partial charge in [-0.05, 0) is 37.1 Å². The molecule has 0 aliphatic carbocycles. The number of benzene rings is 1. The molecule has 2 N–H and O–H groups in total. The minimum atomic E-state index is -4.49. The fourth-order valence-corrected chi connectivity index (χ4v) is 3.97. The number of halogens is 3. The molecule has 0 aliphatic rings. The van der Waals surface area contributed by atoms with Gasteiger partial charge in [0.05, 0.1) is 10.6 Å². The van der Waals surface area contributed by atoms with Crippen LogP contribution in [0.15, 0.2) is 30.3 Å². The molecule has 10 heteroatoms. The summed E-state index contributed by atoms with van der Waals surface area (Å²) in [4.78, 5) is 26.0. The van der Waals surface area contributed by atoms with Crippen LogP contribution in [-0.2, 0) is 6.54 Å². The number of amides is 2. The first-order valence-electron chi connectivity index (χ1n) is 9.27. The van der Waals surface area contributed by atoms with E-state index in [2.05, 4.69) is 24.3 Å². The molecule has 6 nitrogen and oxygen atoms in total. The average molecular weight is 438 g/mol. The maximum Gasteiger partial charge on any atom is 0.405 e. The molecule has 0 fully saturated rings. The summed E-state index contributed by atoms with van der Waals surface area (Å²) in [6.07, 6.45) is -4.49. The quantitative estimate of drug-likeness (QED) is 0.590. The smallest absolute Gasteiger partial charge is 0.343 e. The highest BCUT2D eigenvalue weighted by Gasteiger charge is 2.28. The van der Waals surface area contributed by atoms with Crippen LogP contribution in [0, 0.1) is 12.8 Å². The van der Waals surface area contributed by atoms with E-state index in [0.717, 1.165) is 22.5 Å². The molecule has 0 saturated heterocycles. The van der Waals surface area contributed by atoms with Crippen molar-refractivity contribution in [3.63, 3.8) is 0 Å². The molecule has 0 atom stereocenters. The van der Waals surface area contributed by atoms with Crippen molar-refractivity contribution in [2.24, 2.45) is 5.92 Å². The number of nitrogens with one attached hydrogen (secondary N) is 2. The molecule has 3 rings (SSSR count). The number of hydrogen-bond donors (Lipinski definition) is 2. The minimum absolute atomic E-state index is 0.0248. The molecule has 2 heterocycles. The third-order valence-electron chi connectivity index (χ3n) is 4.20. The van der Waals surface area contributed by atoms with Crippen LogP contribution in [0.2, 0.25) is 0 Å². The van der Waals surface area contributed by atoms with Gasteiger partial charge in [0.25, 0.3) is 11.8 Å². The summed E-state index contributed by atoms with van der Waals surface area (Å²) in [6, 6.07) is 7.55. The molecule has 0 radical (unpaired) electrons. The Morgan fingerprint density at radius 1 is 1.20 bits per heavy atom. The number of carbonyl (C=O) groups is 2. The Labute approximate surface area is 175 Å². The molecule has 1 aromatic carbocycles. The van der Waals surface area contributed by atoms with Gasteiger partial charge in [-0.2, -0.15) is 18.3 Å². The second-order valence-corrected chi connectivity index (χ2v) is 8.35. The molecule has 0 bridgehead atoms. The molecular formula is C20H21F3N4O2S. The molecule has 3 aromatic rings. The van der Waals surface area contributed by atoms with Crippen LogP contribution in [0.4, 0.5) is 18.9 Å². The van der Waals surface area contributed by atoms with E-state index in [0.29, 0.717) is 16.5 Å². The standard InChI is InChI=1S/C20H21F3N4O2S/c1-11(2)9-27-19-15(12(3)26-27)8-16(30-19)18(29)25-14-6-4-5-13(7-14)17(28)24-10-20(21,22)23/h4-8,11H,9-10H2,1-3H3,(H,24,28)(H,25,29). The predicted octanol–water partition coefficient (Wildman–Crippen LogP) is 4.61. The molecule has 0 aliphatic heterocycles. The first-order chi connectivity index (χ1) is 14.0. The second kappa shape index (κ2) is 8.47. The van der Waals surface area contributed by atoms with Crippen molar-refractivity contribution in [2.45, 2.75) is 33.5 Å². The van der Waals surface area contributed by atoms with Crippen molar-refractivity contribution >= 4 is 39.1 Å². The Morgan fingerprint density at radius 2 is 1.93 bits per heavy atom. The number of carbonyl (C=O) groups excluding carboxylic acids is 2. The highest BCUT2D eigenvalue weighted by Crippen LogP contribution is 2.29. The van der Waals surface area contributed by atoms with Crippen LogP contribution < -0.4 is 10.6 Å².